The Bertz CT molecular complexity index is 1190. The van der Waals surface area contributed by atoms with Gasteiger partial charge >= 0.3 is 0 Å². The van der Waals surface area contributed by atoms with Gasteiger partial charge in [-0.1, -0.05) is 23.7 Å². The Labute approximate surface area is 200 Å². The third-order valence-electron chi connectivity index (χ3n) is 5.75. The molecular formula is C24H22ClN3O4S. The number of carbonyl (C=O) groups excluding carboxylic acids is 2. The van der Waals surface area contributed by atoms with Crippen LogP contribution in [0.3, 0.4) is 0 Å². The summed E-state index contributed by atoms with van der Waals surface area (Å²) in [5.41, 5.74) is 2.35. The van der Waals surface area contributed by atoms with Crippen molar-refractivity contribution in [2.24, 2.45) is 0 Å². The van der Waals surface area contributed by atoms with Crippen LogP contribution in [0.5, 0.6) is 11.5 Å². The molecule has 2 aliphatic rings. The maximum atomic E-state index is 12.9. The van der Waals surface area contributed by atoms with Crippen molar-refractivity contribution in [2.45, 2.75) is 31.6 Å². The van der Waals surface area contributed by atoms with E-state index >= 15 is 0 Å². The fourth-order valence-corrected chi connectivity index (χ4v) is 5.22. The lowest BCUT2D eigenvalue weighted by Crippen LogP contribution is -2.32. The number of carbonyl (C=O) groups is 2. The van der Waals surface area contributed by atoms with E-state index in [2.05, 4.69) is 15.6 Å². The van der Waals surface area contributed by atoms with E-state index in [1.807, 2.05) is 24.3 Å². The number of ether oxygens (including phenoxy) is 2. The number of benzene rings is 2. The van der Waals surface area contributed by atoms with Gasteiger partial charge in [-0.25, -0.2) is 4.98 Å². The molecule has 1 aliphatic heterocycles. The van der Waals surface area contributed by atoms with Crippen LogP contribution in [0.2, 0.25) is 5.02 Å². The number of nitrogens with one attached hydrogen (secondary N) is 2. The maximum absolute atomic E-state index is 12.9. The number of thiazole rings is 1. The minimum Gasteiger partial charge on any atom is -0.454 e. The van der Waals surface area contributed by atoms with Crippen molar-refractivity contribution in [1.82, 2.24) is 10.3 Å². The highest BCUT2D eigenvalue weighted by Gasteiger charge is 2.30. The molecule has 2 amide bonds. The van der Waals surface area contributed by atoms with E-state index in [0.29, 0.717) is 33.8 Å². The molecule has 33 heavy (non-hydrogen) atoms. The number of fused-ring (bicyclic) bond motifs is 2. The number of hydrogen-bond acceptors (Lipinski definition) is 6. The normalized spacial score (nSPS) is 16.2. The van der Waals surface area contributed by atoms with Crippen molar-refractivity contribution >= 4 is 39.9 Å². The van der Waals surface area contributed by atoms with Gasteiger partial charge in [-0.2, -0.15) is 0 Å². The van der Waals surface area contributed by atoms with Gasteiger partial charge in [0.1, 0.15) is 0 Å². The predicted octanol–water partition coefficient (Wildman–Crippen LogP) is 4.56. The molecule has 0 bridgehead atoms. The van der Waals surface area contributed by atoms with Crippen LogP contribution in [-0.2, 0) is 17.6 Å². The van der Waals surface area contributed by atoms with Crippen molar-refractivity contribution in [3.63, 3.8) is 0 Å². The first-order chi connectivity index (χ1) is 16.1. The van der Waals surface area contributed by atoms with Crippen molar-refractivity contribution in [2.75, 3.05) is 18.7 Å². The van der Waals surface area contributed by atoms with Crippen molar-refractivity contribution in [3.8, 4) is 11.5 Å². The standard InChI is InChI=1S/C24H22ClN3O4S/c25-16-7-4-14(5-8-16)10-11-26-23(30)17-2-1-3-20-21(17)27-24(33-20)28-22(29)15-6-9-18-19(12-15)32-13-31-18/h4-9,12,17H,1-3,10-11,13H2,(H,26,30)(H,27,28,29)/t17-/m0/s1. The molecular weight excluding hydrogens is 462 g/mol. The summed E-state index contributed by atoms with van der Waals surface area (Å²) in [5, 5.41) is 7.10. The molecule has 0 unspecified atom stereocenters. The molecule has 0 saturated carbocycles. The average molecular weight is 484 g/mol. The predicted molar refractivity (Wildman–Crippen MR) is 126 cm³/mol. The zero-order valence-electron chi connectivity index (χ0n) is 17.7. The van der Waals surface area contributed by atoms with E-state index in [-0.39, 0.29) is 24.5 Å². The number of rotatable bonds is 6. The van der Waals surface area contributed by atoms with Crippen LogP contribution in [0.1, 0.15) is 45.3 Å². The van der Waals surface area contributed by atoms with Gasteiger partial charge in [0.2, 0.25) is 12.7 Å². The fourth-order valence-electron chi connectivity index (χ4n) is 4.04. The van der Waals surface area contributed by atoms with Gasteiger partial charge in [0.25, 0.3) is 5.91 Å². The van der Waals surface area contributed by atoms with Crippen molar-refractivity contribution in [1.29, 1.82) is 0 Å². The maximum Gasteiger partial charge on any atom is 0.257 e. The Morgan fingerprint density at radius 2 is 1.94 bits per heavy atom. The highest BCUT2D eigenvalue weighted by Crippen LogP contribution is 2.37. The molecule has 0 fully saturated rings. The summed E-state index contributed by atoms with van der Waals surface area (Å²) in [6.07, 6.45) is 3.26. The van der Waals surface area contributed by atoms with Crippen LogP contribution in [0.15, 0.2) is 42.5 Å². The molecule has 5 rings (SSSR count). The van der Waals surface area contributed by atoms with Gasteiger partial charge in [0.05, 0.1) is 11.6 Å². The summed E-state index contributed by atoms with van der Waals surface area (Å²) in [7, 11) is 0. The highest BCUT2D eigenvalue weighted by molar-refractivity contribution is 7.16. The molecule has 9 heteroatoms. The highest BCUT2D eigenvalue weighted by atomic mass is 35.5. The average Bonchev–Trinajstić information content (AvgIpc) is 3.45. The second kappa shape index (κ2) is 9.41. The molecule has 0 saturated heterocycles. The zero-order chi connectivity index (χ0) is 22.8. The first kappa shape index (κ1) is 21.7. The number of amides is 2. The van der Waals surface area contributed by atoms with Crippen molar-refractivity contribution in [3.05, 3.63) is 69.2 Å². The molecule has 0 spiro atoms. The fraction of sp³-hybridized carbons (Fsp3) is 0.292. The number of nitrogens with zero attached hydrogens (tertiary/aromatic N) is 1. The minimum absolute atomic E-state index is 0.0242. The Hall–Kier alpha value is -3.10. The summed E-state index contributed by atoms with van der Waals surface area (Å²) in [5.74, 6) is 0.580. The molecule has 1 aliphatic carbocycles. The SMILES string of the molecule is O=C(Nc1nc2c(s1)CCC[C@@H]2C(=O)NCCc1ccc(Cl)cc1)c1ccc2c(c1)OCO2. The zero-order valence-corrected chi connectivity index (χ0v) is 19.3. The minimum atomic E-state index is -0.300. The smallest absolute Gasteiger partial charge is 0.257 e. The summed E-state index contributed by atoms with van der Waals surface area (Å²) < 4.78 is 10.6. The molecule has 7 nitrogen and oxygen atoms in total. The molecule has 2 heterocycles. The van der Waals surface area contributed by atoms with E-state index in [1.54, 1.807) is 18.2 Å². The van der Waals surface area contributed by atoms with Gasteiger partial charge in [-0.05, 0) is 61.6 Å². The number of aromatic nitrogens is 1. The summed E-state index contributed by atoms with van der Waals surface area (Å²) in [6.45, 7) is 0.701. The van der Waals surface area contributed by atoms with Gasteiger partial charge in [-0.15, -0.1) is 11.3 Å². The molecule has 3 aromatic rings. The third kappa shape index (κ3) is 4.82. The first-order valence-electron chi connectivity index (χ1n) is 10.8. The van der Waals surface area contributed by atoms with Crippen molar-refractivity contribution < 1.29 is 19.1 Å². The van der Waals surface area contributed by atoms with Gasteiger partial charge in [0.15, 0.2) is 16.6 Å². The number of aryl methyl sites for hydroxylation is 1. The lowest BCUT2D eigenvalue weighted by atomic mass is 9.90. The molecule has 1 aromatic heterocycles. The van der Waals surface area contributed by atoms with Crippen LogP contribution in [-0.4, -0.2) is 30.1 Å². The van der Waals surface area contributed by atoms with Crippen LogP contribution in [0.4, 0.5) is 5.13 Å². The van der Waals surface area contributed by atoms with Gasteiger partial charge in [0, 0.05) is 22.0 Å². The van der Waals surface area contributed by atoms with E-state index in [0.717, 1.165) is 41.8 Å². The summed E-state index contributed by atoms with van der Waals surface area (Å²) >= 11 is 7.36. The lowest BCUT2D eigenvalue weighted by Gasteiger charge is -2.20. The second-order valence-corrected chi connectivity index (χ2v) is 9.48. The van der Waals surface area contributed by atoms with E-state index < -0.39 is 0 Å². The second-order valence-electron chi connectivity index (χ2n) is 7.96. The summed E-state index contributed by atoms with van der Waals surface area (Å²) in [4.78, 5) is 31.3. The lowest BCUT2D eigenvalue weighted by molar-refractivity contribution is -0.122. The Balaban J connectivity index is 1.22. The molecule has 2 N–H and O–H groups in total. The molecule has 170 valence electrons. The topological polar surface area (TPSA) is 89.6 Å². The number of hydrogen-bond donors (Lipinski definition) is 2. The van der Waals surface area contributed by atoms with Crippen LogP contribution >= 0.6 is 22.9 Å². The van der Waals surface area contributed by atoms with E-state index in [1.165, 1.54) is 11.3 Å². The van der Waals surface area contributed by atoms with Crippen LogP contribution < -0.4 is 20.1 Å². The largest absolute Gasteiger partial charge is 0.454 e. The quantitative estimate of drug-likeness (QED) is 0.536. The van der Waals surface area contributed by atoms with Crippen LogP contribution in [0, 0.1) is 0 Å². The van der Waals surface area contributed by atoms with E-state index in [4.69, 9.17) is 21.1 Å². The molecule has 0 radical (unpaired) electrons. The van der Waals surface area contributed by atoms with E-state index in [9.17, 15) is 9.59 Å². The van der Waals surface area contributed by atoms with Gasteiger partial charge in [-0.3, -0.25) is 14.9 Å². The Morgan fingerprint density at radius 1 is 1.12 bits per heavy atom. The first-order valence-corrected chi connectivity index (χ1v) is 12.0. The molecule has 2 aromatic carbocycles. The number of anilines is 1. The third-order valence-corrected chi connectivity index (χ3v) is 7.05. The number of halogens is 1. The van der Waals surface area contributed by atoms with Gasteiger partial charge < -0.3 is 14.8 Å². The Morgan fingerprint density at radius 3 is 2.79 bits per heavy atom. The summed E-state index contributed by atoms with van der Waals surface area (Å²) in [6, 6.07) is 12.7. The Kier molecular flexibility index (Phi) is 6.20. The monoisotopic (exact) mass is 483 g/mol. The van der Waals surface area contributed by atoms with Crippen LogP contribution in [0.25, 0.3) is 0 Å². The molecule has 1 atom stereocenters.